The number of ether oxygens (including phenoxy) is 1. The number of carbonyl (C=O) groups excluding carboxylic acids is 2. The van der Waals surface area contributed by atoms with Gasteiger partial charge in [-0.15, -0.1) is 0 Å². The molecule has 6 heteroatoms. The van der Waals surface area contributed by atoms with Crippen molar-refractivity contribution < 1.29 is 14.3 Å². The van der Waals surface area contributed by atoms with E-state index >= 15 is 0 Å². The zero-order valence-corrected chi connectivity index (χ0v) is 16.9. The van der Waals surface area contributed by atoms with Crippen LogP contribution in [0.5, 0.6) is 0 Å². The minimum Gasteiger partial charge on any atom is -0.469 e. The third-order valence-electron chi connectivity index (χ3n) is 5.56. The standard InChI is InChI=1S/C20H27BrN2O3/c1-26-19(24)8-11-23-9-6-14(7-10-23)20(25)22-18-5-3-15-12-17(21)4-2-16(15)13-18/h2,4,12,14,18H,3,5-11,13H2,1H3,(H,22,25). The van der Waals surface area contributed by atoms with E-state index < -0.39 is 0 Å². The van der Waals surface area contributed by atoms with Crippen LogP contribution in [0.2, 0.25) is 0 Å². The number of esters is 1. The number of aryl methyl sites for hydroxylation is 1. The van der Waals surface area contributed by atoms with Crippen LogP contribution in [-0.4, -0.2) is 49.6 Å². The number of halogens is 1. The molecule has 3 rings (SSSR count). The predicted octanol–water partition coefficient (Wildman–Crippen LogP) is 2.70. The second kappa shape index (κ2) is 9.00. The number of fused-ring (bicyclic) bond motifs is 1. The Morgan fingerprint density at radius 2 is 2.00 bits per heavy atom. The largest absolute Gasteiger partial charge is 0.469 e. The van der Waals surface area contributed by atoms with Gasteiger partial charge < -0.3 is 15.0 Å². The molecule has 1 amide bonds. The molecule has 1 unspecified atom stereocenters. The number of carbonyl (C=O) groups is 2. The Kier molecular flexibility index (Phi) is 6.70. The van der Waals surface area contributed by atoms with Gasteiger partial charge in [-0.2, -0.15) is 0 Å². The van der Waals surface area contributed by atoms with E-state index in [0.29, 0.717) is 6.42 Å². The third kappa shape index (κ3) is 5.07. The van der Waals surface area contributed by atoms with Gasteiger partial charge in [-0.05, 0) is 68.5 Å². The van der Waals surface area contributed by atoms with Crippen molar-refractivity contribution >= 4 is 27.8 Å². The molecular weight excluding hydrogens is 396 g/mol. The molecule has 1 atom stereocenters. The van der Waals surface area contributed by atoms with E-state index in [0.717, 1.165) is 56.2 Å². The molecule has 1 fully saturated rings. The second-order valence-corrected chi connectivity index (χ2v) is 8.22. The summed E-state index contributed by atoms with van der Waals surface area (Å²) in [7, 11) is 1.42. The fourth-order valence-electron chi connectivity index (χ4n) is 3.94. The summed E-state index contributed by atoms with van der Waals surface area (Å²) >= 11 is 3.53. The van der Waals surface area contributed by atoms with E-state index in [1.54, 1.807) is 0 Å². The van der Waals surface area contributed by atoms with Crippen LogP contribution in [0.3, 0.4) is 0 Å². The van der Waals surface area contributed by atoms with E-state index in [1.165, 1.54) is 18.2 Å². The van der Waals surface area contributed by atoms with Crippen LogP contribution in [0.1, 0.15) is 36.8 Å². The summed E-state index contributed by atoms with van der Waals surface area (Å²) in [5, 5.41) is 3.27. The summed E-state index contributed by atoms with van der Waals surface area (Å²) in [6, 6.07) is 6.68. The molecule has 1 aromatic carbocycles. The maximum atomic E-state index is 12.6. The molecule has 1 aliphatic heterocycles. The van der Waals surface area contributed by atoms with Gasteiger partial charge in [0.05, 0.1) is 13.5 Å². The summed E-state index contributed by atoms with van der Waals surface area (Å²) in [6.07, 6.45) is 5.10. The van der Waals surface area contributed by atoms with E-state index in [-0.39, 0.29) is 23.8 Å². The molecule has 1 aliphatic carbocycles. The van der Waals surface area contributed by atoms with E-state index in [1.807, 2.05) is 0 Å². The third-order valence-corrected chi connectivity index (χ3v) is 6.05. The molecule has 0 saturated carbocycles. The molecule has 0 radical (unpaired) electrons. The highest BCUT2D eigenvalue weighted by Crippen LogP contribution is 2.25. The minimum absolute atomic E-state index is 0.0932. The maximum absolute atomic E-state index is 12.6. The number of likely N-dealkylation sites (tertiary alicyclic amines) is 1. The zero-order valence-electron chi connectivity index (χ0n) is 15.3. The Bertz CT molecular complexity index is 656. The minimum atomic E-state index is -0.172. The summed E-state index contributed by atoms with van der Waals surface area (Å²) in [5.74, 6) is 0.119. The monoisotopic (exact) mass is 422 g/mol. The van der Waals surface area contributed by atoms with Crippen molar-refractivity contribution in [3.05, 3.63) is 33.8 Å². The van der Waals surface area contributed by atoms with Crippen LogP contribution in [0.25, 0.3) is 0 Å². The van der Waals surface area contributed by atoms with Gasteiger partial charge in [-0.3, -0.25) is 9.59 Å². The summed E-state index contributed by atoms with van der Waals surface area (Å²) in [5.41, 5.74) is 2.74. The van der Waals surface area contributed by atoms with Crippen molar-refractivity contribution in [3.8, 4) is 0 Å². The number of methoxy groups -OCH3 is 1. The molecule has 1 aromatic rings. The quantitative estimate of drug-likeness (QED) is 0.740. The van der Waals surface area contributed by atoms with Gasteiger partial charge in [-0.1, -0.05) is 22.0 Å². The molecular formula is C20H27BrN2O3. The van der Waals surface area contributed by atoms with Gasteiger partial charge in [0.15, 0.2) is 0 Å². The number of piperidine rings is 1. The van der Waals surface area contributed by atoms with Crippen LogP contribution < -0.4 is 5.32 Å². The number of hydrogen-bond acceptors (Lipinski definition) is 4. The first-order valence-electron chi connectivity index (χ1n) is 9.42. The van der Waals surface area contributed by atoms with Crippen LogP contribution in [0.15, 0.2) is 22.7 Å². The summed E-state index contributed by atoms with van der Waals surface area (Å²) in [4.78, 5) is 26.1. The topological polar surface area (TPSA) is 58.6 Å². The van der Waals surface area contributed by atoms with E-state index in [4.69, 9.17) is 0 Å². The number of rotatable bonds is 5. The molecule has 1 N–H and O–H groups in total. The number of benzene rings is 1. The second-order valence-electron chi connectivity index (χ2n) is 7.30. The summed E-state index contributed by atoms with van der Waals surface area (Å²) in [6.45, 7) is 2.46. The van der Waals surface area contributed by atoms with Gasteiger partial charge in [0, 0.05) is 23.0 Å². The number of amides is 1. The van der Waals surface area contributed by atoms with Crippen molar-refractivity contribution in [2.24, 2.45) is 5.92 Å². The average molecular weight is 423 g/mol. The highest BCUT2D eigenvalue weighted by Gasteiger charge is 2.28. The van der Waals surface area contributed by atoms with Gasteiger partial charge in [-0.25, -0.2) is 0 Å². The maximum Gasteiger partial charge on any atom is 0.306 e. The fraction of sp³-hybridized carbons (Fsp3) is 0.600. The van der Waals surface area contributed by atoms with E-state index in [2.05, 4.69) is 49.1 Å². The van der Waals surface area contributed by atoms with Crippen LogP contribution in [0.4, 0.5) is 0 Å². The molecule has 0 spiro atoms. The normalized spacial score (nSPS) is 21.1. The lowest BCUT2D eigenvalue weighted by atomic mass is 9.87. The Morgan fingerprint density at radius 3 is 2.73 bits per heavy atom. The molecule has 1 heterocycles. The molecule has 0 aromatic heterocycles. The first-order valence-corrected chi connectivity index (χ1v) is 10.2. The molecule has 5 nitrogen and oxygen atoms in total. The fourth-order valence-corrected chi connectivity index (χ4v) is 4.34. The number of nitrogens with one attached hydrogen (secondary N) is 1. The predicted molar refractivity (Wildman–Crippen MR) is 104 cm³/mol. The smallest absolute Gasteiger partial charge is 0.306 e. The van der Waals surface area contributed by atoms with Gasteiger partial charge in [0.2, 0.25) is 5.91 Å². The lowest BCUT2D eigenvalue weighted by Crippen LogP contribution is -2.45. The Labute approximate surface area is 163 Å². The van der Waals surface area contributed by atoms with Crippen molar-refractivity contribution in [2.45, 2.75) is 44.6 Å². The summed E-state index contributed by atoms with van der Waals surface area (Å²) < 4.78 is 5.81. The van der Waals surface area contributed by atoms with Crippen molar-refractivity contribution in [2.75, 3.05) is 26.7 Å². The average Bonchev–Trinajstić information content (AvgIpc) is 2.66. The first-order chi connectivity index (χ1) is 12.5. The lowest BCUT2D eigenvalue weighted by Gasteiger charge is -2.33. The molecule has 142 valence electrons. The Balaban J connectivity index is 1.43. The number of hydrogen-bond donors (Lipinski definition) is 1. The van der Waals surface area contributed by atoms with Crippen LogP contribution in [-0.2, 0) is 27.2 Å². The van der Waals surface area contributed by atoms with Crippen molar-refractivity contribution in [1.82, 2.24) is 10.2 Å². The molecule has 0 bridgehead atoms. The Hall–Kier alpha value is -1.40. The zero-order chi connectivity index (χ0) is 18.5. The van der Waals surface area contributed by atoms with E-state index in [9.17, 15) is 9.59 Å². The van der Waals surface area contributed by atoms with Gasteiger partial charge in [0.25, 0.3) is 0 Å². The van der Waals surface area contributed by atoms with Crippen LogP contribution >= 0.6 is 15.9 Å². The Morgan fingerprint density at radius 1 is 1.23 bits per heavy atom. The van der Waals surface area contributed by atoms with Crippen molar-refractivity contribution in [3.63, 3.8) is 0 Å². The van der Waals surface area contributed by atoms with Crippen LogP contribution in [0, 0.1) is 5.92 Å². The highest BCUT2D eigenvalue weighted by molar-refractivity contribution is 9.10. The molecule has 26 heavy (non-hydrogen) atoms. The van der Waals surface area contributed by atoms with Gasteiger partial charge in [0.1, 0.15) is 0 Å². The van der Waals surface area contributed by atoms with Gasteiger partial charge >= 0.3 is 5.97 Å². The lowest BCUT2D eigenvalue weighted by molar-refractivity contribution is -0.141. The van der Waals surface area contributed by atoms with Crippen molar-refractivity contribution in [1.29, 1.82) is 0 Å². The SMILES string of the molecule is COC(=O)CCN1CCC(C(=O)NC2CCc3cc(Br)ccc3C2)CC1. The first kappa shape index (κ1) is 19.4. The number of nitrogens with zero attached hydrogens (tertiary/aromatic N) is 1. The highest BCUT2D eigenvalue weighted by atomic mass is 79.9. The molecule has 1 saturated heterocycles. The molecule has 2 aliphatic rings.